The molecule has 0 aliphatic carbocycles. The molecule has 210 valence electrons. The summed E-state index contributed by atoms with van der Waals surface area (Å²) >= 11 is 7.72. The van der Waals surface area contributed by atoms with Crippen molar-refractivity contribution in [1.29, 1.82) is 0 Å². The third-order valence-electron chi connectivity index (χ3n) is 5.21. The fraction of sp³-hybridized carbons (Fsp3) is 0.348. The second kappa shape index (κ2) is 11.8. The number of aryl methyl sites for hydroxylation is 1. The monoisotopic (exact) mass is 594 g/mol. The zero-order valence-corrected chi connectivity index (χ0v) is 22.1. The topological polar surface area (TPSA) is 102 Å². The molecule has 0 saturated heterocycles. The van der Waals surface area contributed by atoms with Crippen LogP contribution in [0.2, 0.25) is 5.02 Å². The summed E-state index contributed by atoms with van der Waals surface area (Å²) in [5, 5.41) is 8.34. The minimum atomic E-state index is -5.10. The van der Waals surface area contributed by atoms with Gasteiger partial charge in [0.05, 0.1) is 33.7 Å². The third kappa shape index (κ3) is 7.41. The van der Waals surface area contributed by atoms with Crippen LogP contribution < -0.4 is 10.6 Å². The van der Waals surface area contributed by atoms with E-state index in [1.807, 2.05) is 6.26 Å². The Morgan fingerprint density at radius 3 is 2.41 bits per heavy atom. The highest BCUT2D eigenvalue weighted by molar-refractivity contribution is 7.98. The van der Waals surface area contributed by atoms with Crippen molar-refractivity contribution in [1.82, 2.24) is 25.1 Å². The Hall–Kier alpha value is -3.33. The van der Waals surface area contributed by atoms with E-state index in [-0.39, 0.29) is 50.1 Å². The fourth-order valence-electron chi connectivity index (χ4n) is 3.47. The highest BCUT2D eigenvalue weighted by Gasteiger charge is 2.42. The van der Waals surface area contributed by atoms with Gasteiger partial charge in [0, 0.05) is 17.9 Å². The third-order valence-corrected chi connectivity index (χ3v) is 6.36. The molecule has 16 heteroatoms. The number of alkyl halides is 6. The number of carbonyl (C=O) groups is 2. The van der Waals surface area contributed by atoms with Gasteiger partial charge in [-0.15, -0.1) is 0 Å². The maximum absolute atomic E-state index is 13.3. The Kier molecular flexibility index (Phi) is 9.16. The van der Waals surface area contributed by atoms with Gasteiger partial charge in [0.1, 0.15) is 18.1 Å². The van der Waals surface area contributed by atoms with Crippen LogP contribution in [0.4, 0.5) is 32.0 Å². The molecule has 2 N–H and O–H groups in total. The first-order valence-corrected chi connectivity index (χ1v) is 12.8. The molecule has 0 saturated carbocycles. The predicted octanol–water partition coefficient (Wildman–Crippen LogP) is 5.45. The van der Waals surface area contributed by atoms with Gasteiger partial charge in [-0.05, 0) is 32.2 Å². The van der Waals surface area contributed by atoms with Gasteiger partial charge in [-0.2, -0.15) is 43.2 Å². The molecule has 3 rings (SSSR count). The largest absolute Gasteiger partial charge is 0.435 e. The van der Waals surface area contributed by atoms with Crippen molar-refractivity contribution in [2.75, 3.05) is 17.3 Å². The van der Waals surface area contributed by atoms with Gasteiger partial charge in [0.25, 0.3) is 11.8 Å². The second-order valence-corrected chi connectivity index (χ2v) is 9.62. The van der Waals surface area contributed by atoms with Gasteiger partial charge in [-0.3, -0.25) is 14.3 Å². The number of amides is 2. The Balaban J connectivity index is 1.84. The summed E-state index contributed by atoms with van der Waals surface area (Å²) in [5.41, 5.74) is -3.28. The summed E-state index contributed by atoms with van der Waals surface area (Å²) in [5.74, 6) is -0.950. The summed E-state index contributed by atoms with van der Waals surface area (Å²) in [7, 11) is 0. The van der Waals surface area contributed by atoms with Crippen molar-refractivity contribution in [3.63, 3.8) is 0 Å². The number of carbonyl (C=O) groups excluding carboxylic acids is 2. The number of benzene rings is 1. The number of nitrogens with one attached hydrogen (secondary N) is 2. The van der Waals surface area contributed by atoms with Crippen LogP contribution in [0, 0.1) is 6.92 Å². The van der Waals surface area contributed by atoms with E-state index < -0.39 is 42.1 Å². The van der Waals surface area contributed by atoms with Crippen LogP contribution in [-0.4, -0.2) is 49.6 Å². The predicted molar refractivity (Wildman–Crippen MR) is 133 cm³/mol. The second-order valence-electron chi connectivity index (χ2n) is 8.30. The average molecular weight is 595 g/mol. The molecule has 1 atom stereocenters. The summed E-state index contributed by atoms with van der Waals surface area (Å²) in [6.45, 7) is 2.39. The molecular formula is C23H21ClF6N6O2S. The van der Waals surface area contributed by atoms with E-state index >= 15 is 0 Å². The van der Waals surface area contributed by atoms with Crippen LogP contribution in [0.5, 0.6) is 0 Å². The summed E-state index contributed by atoms with van der Waals surface area (Å²) in [6, 6.07) is 4.01. The molecule has 0 bridgehead atoms. The van der Waals surface area contributed by atoms with E-state index in [4.69, 9.17) is 11.6 Å². The normalized spacial score (nSPS) is 12.8. The summed E-state index contributed by atoms with van der Waals surface area (Å²) < 4.78 is 78.7. The lowest BCUT2D eigenvalue weighted by molar-refractivity contribution is -0.144. The van der Waals surface area contributed by atoms with E-state index in [1.165, 1.54) is 36.9 Å². The molecule has 0 spiro atoms. The van der Waals surface area contributed by atoms with Gasteiger partial charge in [0.15, 0.2) is 5.69 Å². The van der Waals surface area contributed by atoms with Crippen molar-refractivity contribution in [3.8, 4) is 0 Å². The summed E-state index contributed by atoms with van der Waals surface area (Å²) in [4.78, 5) is 33.7. The first kappa shape index (κ1) is 30.2. The highest BCUT2D eigenvalue weighted by Crippen LogP contribution is 2.35. The number of thioether (sulfide) groups is 1. The van der Waals surface area contributed by atoms with Crippen molar-refractivity contribution in [2.45, 2.75) is 38.8 Å². The van der Waals surface area contributed by atoms with Gasteiger partial charge >= 0.3 is 12.4 Å². The molecule has 0 radical (unpaired) electrons. The van der Waals surface area contributed by atoms with Crippen molar-refractivity contribution in [2.24, 2.45) is 0 Å². The van der Waals surface area contributed by atoms with Gasteiger partial charge in [0.2, 0.25) is 0 Å². The number of nitrogens with zero attached hydrogens (tertiary/aromatic N) is 4. The zero-order chi connectivity index (χ0) is 29.1. The molecule has 2 amide bonds. The van der Waals surface area contributed by atoms with Gasteiger partial charge in [-0.1, -0.05) is 17.7 Å². The van der Waals surface area contributed by atoms with Crippen molar-refractivity contribution < 1.29 is 35.9 Å². The first-order valence-electron chi connectivity index (χ1n) is 11.1. The minimum Gasteiger partial charge on any atom is -0.349 e. The van der Waals surface area contributed by atoms with Crippen molar-refractivity contribution in [3.05, 3.63) is 69.5 Å². The molecular weight excluding hydrogens is 574 g/mol. The quantitative estimate of drug-likeness (QED) is 0.336. The number of anilines is 1. The van der Waals surface area contributed by atoms with E-state index in [0.29, 0.717) is 5.75 Å². The van der Waals surface area contributed by atoms with E-state index in [0.717, 1.165) is 6.20 Å². The van der Waals surface area contributed by atoms with Crippen LogP contribution in [0.3, 0.4) is 0 Å². The molecule has 0 aliphatic heterocycles. The number of aromatic nitrogens is 4. The smallest absolute Gasteiger partial charge is 0.349 e. The van der Waals surface area contributed by atoms with Crippen LogP contribution in [0.15, 0.2) is 30.5 Å². The van der Waals surface area contributed by atoms with Crippen LogP contribution in [-0.2, 0) is 18.9 Å². The molecule has 3 aromatic rings. The van der Waals surface area contributed by atoms with E-state index in [2.05, 4.69) is 25.7 Å². The number of hydrogen-bond donors (Lipinski definition) is 2. The summed E-state index contributed by atoms with van der Waals surface area (Å²) in [6.07, 6.45) is -7.23. The Bertz CT molecular complexity index is 1380. The molecule has 0 unspecified atom stereocenters. The molecule has 2 heterocycles. The van der Waals surface area contributed by atoms with Gasteiger partial charge < -0.3 is 10.6 Å². The number of rotatable bonds is 8. The molecule has 8 nitrogen and oxygen atoms in total. The standard InChI is InChI=1S/C23H21ClF6N6O2S/c1-11(10-39-3)32-21(38)19-13(5-4-6-14(19)24)20(37)34-15-8-31-18(33-12(15)2)9-36-17(23(28,29)30)7-16(35-36)22(25,26)27/h4-8,11H,9-10H2,1-3H3,(H,32,38)(H,34,37)/t11-/m0/s1. The average Bonchev–Trinajstić information content (AvgIpc) is 3.25. The minimum absolute atomic E-state index is 0.0396. The van der Waals surface area contributed by atoms with Crippen LogP contribution >= 0.6 is 23.4 Å². The highest BCUT2D eigenvalue weighted by atomic mass is 35.5. The molecule has 0 fully saturated rings. The lowest BCUT2D eigenvalue weighted by Gasteiger charge is -2.16. The molecule has 1 aromatic carbocycles. The van der Waals surface area contributed by atoms with E-state index in [1.54, 1.807) is 6.92 Å². The Morgan fingerprint density at radius 1 is 1.13 bits per heavy atom. The van der Waals surface area contributed by atoms with Crippen LogP contribution in [0.1, 0.15) is 50.5 Å². The zero-order valence-electron chi connectivity index (χ0n) is 20.5. The molecule has 0 aliphatic rings. The van der Waals surface area contributed by atoms with E-state index in [9.17, 15) is 35.9 Å². The fourth-order valence-corrected chi connectivity index (χ4v) is 4.32. The maximum Gasteiger partial charge on any atom is 0.435 e. The number of halogens is 7. The SMILES string of the molecule is CSC[C@H](C)NC(=O)c1c(Cl)cccc1C(=O)Nc1cnc(Cn2nc(C(F)(F)F)cc2C(F)(F)F)nc1C. The molecule has 2 aromatic heterocycles. The Morgan fingerprint density at radius 2 is 1.82 bits per heavy atom. The number of hydrogen-bond acceptors (Lipinski definition) is 6. The van der Waals surface area contributed by atoms with Crippen molar-refractivity contribution >= 4 is 40.9 Å². The lowest BCUT2D eigenvalue weighted by Crippen LogP contribution is -2.35. The Labute approximate surface area is 227 Å². The maximum atomic E-state index is 13.3. The van der Waals surface area contributed by atoms with Gasteiger partial charge in [-0.25, -0.2) is 9.97 Å². The first-order chi connectivity index (χ1) is 18.1. The molecule has 39 heavy (non-hydrogen) atoms. The lowest BCUT2D eigenvalue weighted by atomic mass is 10.1. The van der Waals surface area contributed by atoms with Crippen LogP contribution in [0.25, 0.3) is 0 Å².